The molecule has 0 bridgehead atoms. The predicted molar refractivity (Wildman–Crippen MR) is 83.3 cm³/mol. The van der Waals surface area contributed by atoms with E-state index in [1.807, 2.05) is 13.8 Å². The third-order valence-electron chi connectivity index (χ3n) is 3.71. The number of hydrogen-bond acceptors (Lipinski definition) is 4. The minimum atomic E-state index is -1.03. The summed E-state index contributed by atoms with van der Waals surface area (Å²) in [6.07, 6.45) is 0.849. The number of carbonyl (C=O) groups is 1. The summed E-state index contributed by atoms with van der Waals surface area (Å²) in [6.45, 7) is 6.62. The van der Waals surface area contributed by atoms with Gasteiger partial charge in [-0.05, 0) is 45.4 Å². The van der Waals surface area contributed by atoms with Crippen LogP contribution in [0.1, 0.15) is 43.1 Å². The first kappa shape index (κ1) is 16.2. The maximum atomic E-state index is 12.6. The lowest BCUT2D eigenvalue weighted by atomic mass is 10.1. The van der Waals surface area contributed by atoms with E-state index >= 15 is 0 Å². The molecule has 21 heavy (non-hydrogen) atoms. The first-order chi connectivity index (χ1) is 10.0. The van der Waals surface area contributed by atoms with Gasteiger partial charge >= 0.3 is 0 Å². The fraction of sp³-hybridized carbons (Fsp3) is 0.562. The van der Waals surface area contributed by atoms with Crippen LogP contribution in [0.3, 0.4) is 0 Å². The highest BCUT2D eigenvalue weighted by molar-refractivity contribution is 7.84. The highest BCUT2D eigenvalue weighted by atomic mass is 32.2. The summed E-state index contributed by atoms with van der Waals surface area (Å²) in [5, 5.41) is 0.0560. The second kappa shape index (κ2) is 7.18. The normalized spacial score (nSPS) is 23.0. The van der Waals surface area contributed by atoms with Gasteiger partial charge in [0.25, 0.3) is 0 Å². The Bertz CT molecular complexity index is 541. The molecule has 1 aliphatic heterocycles. The molecule has 3 unspecified atom stereocenters. The molecule has 0 aliphatic carbocycles. The highest BCUT2D eigenvalue weighted by Crippen LogP contribution is 2.26. The number of Topliss-reactive ketones (excluding diaryl/α,β-unsaturated/α-hetero) is 1. The highest BCUT2D eigenvalue weighted by Gasteiger charge is 2.30. The van der Waals surface area contributed by atoms with E-state index in [0.29, 0.717) is 30.3 Å². The van der Waals surface area contributed by atoms with E-state index in [4.69, 9.17) is 9.47 Å². The SMILES string of the molecule is CCOc1ccc(C(C)=O)cc1CS(=O)C1CCOC1C. The summed E-state index contributed by atoms with van der Waals surface area (Å²) in [6, 6.07) is 5.34. The molecule has 0 aromatic heterocycles. The van der Waals surface area contributed by atoms with Crippen LogP contribution in [0, 0.1) is 0 Å². The third kappa shape index (κ3) is 3.92. The Balaban J connectivity index is 2.21. The zero-order valence-corrected chi connectivity index (χ0v) is 13.6. The Morgan fingerprint density at radius 1 is 1.48 bits per heavy atom. The van der Waals surface area contributed by atoms with Gasteiger partial charge in [-0.25, -0.2) is 0 Å². The standard InChI is InChI=1S/C16H22O4S/c1-4-19-15-6-5-13(11(2)17)9-14(15)10-21(18)16-7-8-20-12(16)3/h5-6,9,12,16H,4,7-8,10H2,1-3H3. The minimum absolute atomic E-state index is 0.00245. The Labute approximate surface area is 128 Å². The number of benzene rings is 1. The van der Waals surface area contributed by atoms with Crippen LogP contribution in [0.5, 0.6) is 5.75 Å². The summed E-state index contributed by atoms with van der Waals surface area (Å²) in [5.41, 5.74) is 1.46. The number of rotatable bonds is 6. The van der Waals surface area contributed by atoms with E-state index < -0.39 is 10.8 Å². The summed E-state index contributed by atoms with van der Waals surface area (Å²) in [5.74, 6) is 1.11. The molecule has 1 heterocycles. The van der Waals surface area contributed by atoms with E-state index in [2.05, 4.69) is 0 Å². The molecule has 5 heteroatoms. The van der Waals surface area contributed by atoms with Crippen molar-refractivity contribution in [3.63, 3.8) is 0 Å². The quantitative estimate of drug-likeness (QED) is 0.758. The van der Waals surface area contributed by atoms with Gasteiger partial charge in [0.1, 0.15) is 5.75 Å². The van der Waals surface area contributed by atoms with Crippen LogP contribution in [0.4, 0.5) is 0 Å². The van der Waals surface area contributed by atoms with Crippen molar-refractivity contribution in [1.29, 1.82) is 0 Å². The van der Waals surface area contributed by atoms with Crippen LogP contribution >= 0.6 is 0 Å². The lowest BCUT2D eigenvalue weighted by Crippen LogP contribution is -2.24. The molecule has 3 atom stereocenters. The average Bonchev–Trinajstić information content (AvgIpc) is 2.87. The van der Waals surface area contributed by atoms with Crippen molar-refractivity contribution in [2.24, 2.45) is 0 Å². The van der Waals surface area contributed by atoms with Gasteiger partial charge in [-0.1, -0.05) is 0 Å². The molecular formula is C16H22O4S. The first-order valence-corrected chi connectivity index (χ1v) is 8.66. The van der Waals surface area contributed by atoms with Crippen LogP contribution in [-0.4, -0.2) is 34.6 Å². The second-order valence-corrected chi connectivity index (χ2v) is 6.90. The lowest BCUT2D eigenvalue weighted by Gasteiger charge is -2.16. The van der Waals surface area contributed by atoms with E-state index in [9.17, 15) is 9.00 Å². The largest absolute Gasteiger partial charge is 0.494 e. The van der Waals surface area contributed by atoms with Crippen molar-refractivity contribution in [1.82, 2.24) is 0 Å². The van der Waals surface area contributed by atoms with Gasteiger partial charge in [0, 0.05) is 28.5 Å². The maximum Gasteiger partial charge on any atom is 0.159 e. The summed E-state index contributed by atoms with van der Waals surface area (Å²) >= 11 is 0. The molecule has 1 aromatic carbocycles. The first-order valence-electron chi connectivity index (χ1n) is 7.28. The molecule has 116 valence electrons. The fourth-order valence-corrected chi connectivity index (χ4v) is 4.14. The van der Waals surface area contributed by atoms with Gasteiger partial charge in [-0.2, -0.15) is 0 Å². The van der Waals surface area contributed by atoms with Crippen LogP contribution in [0.25, 0.3) is 0 Å². The Morgan fingerprint density at radius 3 is 2.81 bits per heavy atom. The summed E-state index contributed by atoms with van der Waals surface area (Å²) < 4.78 is 23.6. The zero-order chi connectivity index (χ0) is 15.4. The van der Waals surface area contributed by atoms with Crippen molar-refractivity contribution in [2.75, 3.05) is 13.2 Å². The monoisotopic (exact) mass is 310 g/mol. The van der Waals surface area contributed by atoms with E-state index in [-0.39, 0.29) is 17.1 Å². The smallest absolute Gasteiger partial charge is 0.159 e. The number of ether oxygens (including phenoxy) is 2. The predicted octanol–water partition coefficient (Wildman–Crippen LogP) is 2.71. The molecule has 0 N–H and O–H groups in total. The minimum Gasteiger partial charge on any atom is -0.494 e. The van der Waals surface area contributed by atoms with Gasteiger partial charge in [0.15, 0.2) is 5.78 Å². The van der Waals surface area contributed by atoms with Crippen molar-refractivity contribution in [3.05, 3.63) is 29.3 Å². The van der Waals surface area contributed by atoms with Gasteiger partial charge < -0.3 is 9.47 Å². The molecule has 0 radical (unpaired) electrons. The van der Waals surface area contributed by atoms with Crippen LogP contribution in [0.15, 0.2) is 18.2 Å². The molecule has 2 rings (SSSR count). The lowest BCUT2D eigenvalue weighted by molar-refractivity contribution is 0.101. The molecule has 1 aromatic rings. The van der Waals surface area contributed by atoms with E-state index in [0.717, 1.165) is 12.0 Å². The van der Waals surface area contributed by atoms with Crippen LogP contribution in [0.2, 0.25) is 0 Å². The fourth-order valence-electron chi connectivity index (χ4n) is 2.53. The molecule has 1 aliphatic rings. The molecule has 0 amide bonds. The van der Waals surface area contributed by atoms with Crippen molar-refractivity contribution < 1.29 is 18.5 Å². The van der Waals surface area contributed by atoms with Gasteiger partial charge in [0.05, 0.1) is 23.7 Å². The molecule has 4 nitrogen and oxygen atoms in total. The van der Waals surface area contributed by atoms with Gasteiger partial charge in [-0.3, -0.25) is 9.00 Å². The molecule has 1 saturated heterocycles. The molecule has 0 spiro atoms. The van der Waals surface area contributed by atoms with Crippen molar-refractivity contribution >= 4 is 16.6 Å². The molecule has 0 saturated carbocycles. The van der Waals surface area contributed by atoms with Crippen LogP contribution < -0.4 is 4.74 Å². The van der Waals surface area contributed by atoms with Crippen LogP contribution in [-0.2, 0) is 21.3 Å². The van der Waals surface area contributed by atoms with Gasteiger partial charge in [0.2, 0.25) is 0 Å². The number of ketones is 1. The van der Waals surface area contributed by atoms with E-state index in [1.165, 1.54) is 6.92 Å². The summed E-state index contributed by atoms with van der Waals surface area (Å²) in [4.78, 5) is 11.5. The third-order valence-corrected chi connectivity index (χ3v) is 5.60. The Hall–Kier alpha value is -1.20. The number of hydrogen-bond donors (Lipinski definition) is 0. The topological polar surface area (TPSA) is 52.6 Å². The molecular weight excluding hydrogens is 288 g/mol. The Kier molecular flexibility index (Phi) is 5.53. The average molecular weight is 310 g/mol. The zero-order valence-electron chi connectivity index (χ0n) is 12.8. The van der Waals surface area contributed by atoms with Crippen molar-refractivity contribution in [2.45, 2.75) is 44.3 Å². The second-order valence-electron chi connectivity index (χ2n) is 5.24. The molecule has 1 fully saturated rings. The maximum absolute atomic E-state index is 12.6. The van der Waals surface area contributed by atoms with Crippen molar-refractivity contribution in [3.8, 4) is 5.75 Å². The number of carbonyl (C=O) groups excluding carboxylic acids is 1. The summed E-state index contributed by atoms with van der Waals surface area (Å²) in [7, 11) is -1.03. The Morgan fingerprint density at radius 2 is 2.24 bits per heavy atom. The van der Waals surface area contributed by atoms with Gasteiger partial charge in [-0.15, -0.1) is 0 Å². The van der Waals surface area contributed by atoms with E-state index in [1.54, 1.807) is 18.2 Å².